The van der Waals surface area contributed by atoms with Crippen LogP contribution in [-0.4, -0.2) is 0 Å². The van der Waals surface area contributed by atoms with Crippen LogP contribution in [0, 0.1) is 4.51 Å². The van der Waals surface area contributed by atoms with Crippen molar-refractivity contribution in [3.63, 3.8) is 0 Å². The molecule has 3 heteroatoms. The number of fused-ring (bicyclic) bond motifs is 1. The van der Waals surface area contributed by atoms with Gasteiger partial charge in [-0.1, -0.05) is 60.7 Å². The van der Waals surface area contributed by atoms with Crippen molar-refractivity contribution in [3.05, 3.63) is 120 Å². The van der Waals surface area contributed by atoms with Gasteiger partial charge in [-0.15, -0.1) is 0 Å². The monoisotopic (exact) mass is 405 g/mol. The second kappa shape index (κ2) is 7.97. The highest BCUT2D eigenvalue weighted by Crippen LogP contribution is 2.35. The van der Waals surface area contributed by atoms with Gasteiger partial charge in [-0.3, -0.25) is 0 Å². The lowest BCUT2D eigenvalue weighted by atomic mass is 10.1. The Morgan fingerprint density at radius 3 is 1.73 bits per heavy atom. The minimum Gasteiger partial charge on any atom is -0.456 e. The summed E-state index contributed by atoms with van der Waals surface area (Å²) in [5.74, 6) is 0.774. The summed E-state index contributed by atoms with van der Waals surface area (Å²) < 4.78 is 6.92. The molecular weight excluding hydrogens is 386 g/mol. The van der Waals surface area contributed by atoms with E-state index in [1.54, 1.807) is 0 Å². The Hall–Kier alpha value is -3.69. The normalized spacial score (nSPS) is 10.8. The van der Waals surface area contributed by atoms with Crippen LogP contribution in [0.5, 0.6) is 0 Å². The molecule has 1 aromatic heterocycles. The first-order valence-corrected chi connectivity index (χ1v) is 10.2. The van der Waals surface area contributed by atoms with Crippen molar-refractivity contribution in [3.8, 4) is 11.3 Å². The molecule has 0 spiro atoms. The van der Waals surface area contributed by atoms with E-state index in [1.165, 1.54) is 0 Å². The fourth-order valence-corrected chi connectivity index (χ4v) is 3.90. The second-order valence-electron chi connectivity index (χ2n) is 7.02. The van der Waals surface area contributed by atoms with Gasteiger partial charge in [-0.25, -0.2) is 0 Å². The van der Waals surface area contributed by atoms with Crippen LogP contribution in [-0.2, 0) is 0 Å². The maximum absolute atomic E-state index is 6.12. The van der Waals surface area contributed by atoms with Gasteiger partial charge in [0.15, 0.2) is 0 Å². The SMILES string of the molecule is S=c1cc(-c2ccc(N(c3ccccc3)c3ccccc3)cc2)oc2ccccc12. The number of nitrogens with zero attached hydrogens (tertiary/aromatic N) is 1. The molecule has 0 saturated heterocycles. The van der Waals surface area contributed by atoms with Gasteiger partial charge in [0, 0.05) is 34.1 Å². The lowest BCUT2D eigenvalue weighted by molar-refractivity contribution is 0.619. The fraction of sp³-hybridized carbons (Fsp3) is 0. The van der Waals surface area contributed by atoms with Gasteiger partial charge in [0.25, 0.3) is 0 Å². The summed E-state index contributed by atoms with van der Waals surface area (Å²) >= 11 is 5.57. The third-order valence-corrected chi connectivity index (χ3v) is 5.41. The maximum Gasteiger partial charge on any atom is 0.136 e. The van der Waals surface area contributed by atoms with Gasteiger partial charge < -0.3 is 9.32 Å². The minimum absolute atomic E-state index is 0.774. The van der Waals surface area contributed by atoms with Crippen LogP contribution in [0.25, 0.3) is 22.3 Å². The highest BCUT2D eigenvalue weighted by atomic mass is 32.1. The van der Waals surface area contributed by atoms with Crippen molar-refractivity contribution < 1.29 is 4.42 Å². The quantitative estimate of drug-likeness (QED) is 0.280. The van der Waals surface area contributed by atoms with E-state index in [4.69, 9.17) is 16.6 Å². The summed E-state index contributed by atoms with van der Waals surface area (Å²) in [5, 5.41) is 0.965. The van der Waals surface area contributed by atoms with Crippen LogP contribution in [0.15, 0.2) is 120 Å². The second-order valence-corrected chi connectivity index (χ2v) is 7.46. The molecule has 0 aliphatic rings. The first kappa shape index (κ1) is 18.3. The Labute approximate surface area is 180 Å². The van der Waals surface area contributed by atoms with E-state index in [-0.39, 0.29) is 0 Å². The minimum atomic E-state index is 0.774. The lowest BCUT2D eigenvalue weighted by Gasteiger charge is -2.25. The molecule has 4 aromatic carbocycles. The molecule has 0 atom stereocenters. The Kier molecular flexibility index (Phi) is 4.88. The zero-order valence-corrected chi connectivity index (χ0v) is 17.0. The maximum atomic E-state index is 6.12. The van der Waals surface area contributed by atoms with Crippen LogP contribution >= 0.6 is 12.2 Å². The average molecular weight is 406 g/mol. The first-order valence-electron chi connectivity index (χ1n) is 9.83. The topological polar surface area (TPSA) is 16.4 Å². The van der Waals surface area contributed by atoms with E-state index in [1.807, 2.05) is 42.5 Å². The van der Waals surface area contributed by atoms with Gasteiger partial charge in [-0.05, 0) is 60.7 Å². The molecule has 0 bridgehead atoms. The summed E-state index contributed by atoms with van der Waals surface area (Å²) in [4.78, 5) is 2.24. The Morgan fingerprint density at radius 2 is 1.10 bits per heavy atom. The Morgan fingerprint density at radius 1 is 0.567 bits per heavy atom. The molecule has 5 aromatic rings. The van der Waals surface area contributed by atoms with Gasteiger partial charge in [0.05, 0.1) is 4.51 Å². The molecule has 0 aliphatic carbocycles. The average Bonchev–Trinajstić information content (AvgIpc) is 2.81. The number of hydrogen-bond acceptors (Lipinski definition) is 3. The summed E-state index contributed by atoms with van der Waals surface area (Å²) in [6.07, 6.45) is 0. The van der Waals surface area contributed by atoms with Gasteiger partial charge in [0.2, 0.25) is 0 Å². The van der Waals surface area contributed by atoms with Gasteiger partial charge in [0.1, 0.15) is 11.3 Å². The van der Waals surface area contributed by atoms with Crippen molar-refractivity contribution in [1.29, 1.82) is 0 Å². The first-order chi connectivity index (χ1) is 14.8. The molecule has 2 nitrogen and oxygen atoms in total. The number of anilines is 3. The van der Waals surface area contributed by atoms with Gasteiger partial charge in [-0.2, -0.15) is 0 Å². The highest BCUT2D eigenvalue weighted by Gasteiger charge is 2.12. The summed E-state index contributed by atoms with van der Waals surface area (Å²) in [6, 6.07) is 38.9. The van der Waals surface area contributed by atoms with Crippen molar-refractivity contribution >= 4 is 40.2 Å². The third kappa shape index (κ3) is 3.51. The molecule has 1 heterocycles. The lowest BCUT2D eigenvalue weighted by Crippen LogP contribution is -2.09. The van der Waals surface area contributed by atoms with E-state index in [0.717, 1.165) is 43.9 Å². The van der Waals surface area contributed by atoms with Crippen LogP contribution in [0.1, 0.15) is 0 Å². The summed E-state index contributed by atoms with van der Waals surface area (Å²) in [7, 11) is 0. The van der Waals surface area contributed by atoms with Crippen LogP contribution in [0.4, 0.5) is 17.1 Å². The smallest absolute Gasteiger partial charge is 0.136 e. The molecular formula is C27H19NOS. The fourth-order valence-electron chi connectivity index (χ4n) is 3.62. The van der Waals surface area contributed by atoms with Crippen molar-refractivity contribution in [2.75, 3.05) is 4.90 Å². The van der Waals surface area contributed by atoms with E-state index < -0.39 is 0 Å². The van der Waals surface area contributed by atoms with Gasteiger partial charge >= 0.3 is 0 Å². The van der Waals surface area contributed by atoms with Crippen LogP contribution < -0.4 is 4.90 Å². The highest BCUT2D eigenvalue weighted by molar-refractivity contribution is 7.71. The summed E-state index contributed by atoms with van der Waals surface area (Å²) in [6.45, 7) is 0. The summed E-state index contributed by atoms with van der Waals surface area (Å²) in [5.41, 5.74) is 5.10. The van der Waals surface area contributed by atoms with Crippen molar-refractivity contribution in [1.82, 2.24) is 0 Å². The predicted octanol–water partition coefficient (Wildman–Crippen LogP) is 8.30. The van der Waals surface area contributed by atoms with E-state index in [2.05, 4.69) is 77.7 Å². The largest absolute Gasteiger partial charge is 0.456 e. The molecule has 30 heavy (non-hydrogen) atoms. The zero-order chi connectivity index (χ0) is 20.3. The van der Waals surface area contributed by atoms with E-state index in [9.17, 15) is 0 Å². The number of hydrogen-bond donors (Lipinski definition) is 0. The van der Waals surface area contributed by atoms with Crippen molar-refractivity contribution in [2.24, 2.45) is 0 Å². The number of para-hydroxylation sites is 3. The molecule has 0 unspecified atom stereocenters. The molecule has 0 amide bonds. The van der Waals surface area contributed by atoms with E-state index in [0.29, 0.717) is 0 Å². The number of benzene rings is 4. The van der Waals surface area contributed by atoms with Crippen LogP contribution in [0.2, 0.25) is 0 Å². The molecule has 0 radical (unpaired) electrons. The molecule has 144 valence electrons. The molecule has 0 N–H and O–H groups in total. The molecule has 0 saturated carbocycles. The Bertz CT molecular complexity index is 1300. The molecule has 5 rings (SSSR count). The molecule has 0 aliphatic heterocycles. The number of rotatable bonds is 4. The Balaban J connectivity index is 1.57. The standard InChI is InChI=1S/C27H19NOS/c30-27-19-26(29-25-14-8-7-13-24(25)27)20-15-17-23(18-16-20)28(21-9-3-1-4-10-21)22-11-5-2-6-12-22/h1-19H. The van der Waals surface area contributed by atoms with E-state index >= 15 is 0 Å². The molecule has 0 fully saturated rings. The predicted molar refractivity (Wildman–Crippen MR) is 127 cm³/mol. The zero-order valence-electron chi connectivity index (χ0n) is 16.2. The third-order valence-electron chi connectivity index (χ3n) is 5.07. The van der Waals surface area contributed by atoms with Crippen molar-refractivity contribution in [2.45, 2.75) is 0 Å². The van der Waals surface area contributed by atoms with Crippen LogP contribution in [0.3, 0.4) is 0 Å².